The van der Waals surface area contributed by atoms with Crippen molar-refractivity contribution in [3.8, 4) is 11.1 Å². The monoisotopic (exact) mass is 381 g/mol. The third-order valence-electron chi connectivity index (χ3n) is 4.54. The molecule has 0 aliphatic rings. The Labute approximate surface area is 164 Å². The van der Waals surface area contributed by atoms with E-state index < -0.39 is 17.2 Å². The van der Waals surface area contributed by atoms with Gasteiger partial charge in [0.25, 0.3) is 0 Å². The molecule has 0 fully saturated rings. The second-order valence-corrected chi connectivity index (χ2v) is 8.42. The number of fused-ring (bicyclic) bond motifs is 1. The molecule has 0 radical (unpaired) electrons. The van der Waals surface area contributed by atoms with Crippen LogP contribution in [0.5, 0.6) is 0 Å². The van der Waals surface area contributed by atoms with E-state index in [0.717, 1.165) is 27.6 Å². The highest BCUT2D eigenvalue weighted by atomic mass is 16.6. The average Bonchev–Trinajstić information content (AvgIpc) is 3.02. The zero-order chi connectivity index (χ0) is 20.5. The molecule has 0 unspecified atom stereocenters. The van der Waals surface area contributed by atoms with Gasteiger partial charge in [0, 0.05) is 5.39 Å². The topological polar surface area (TPSA) is 87.2 Å². The van der Waals surface area contributed by atoms with Crippen LogP contribution in [0.1, 0.15) is 45.9 Å². The molecule has 1 aromatic heterocycles. The number of carbonyl (C=O) groups excluding carboxylic acids is 1. The van der Waals surface area contributed by atoms with E-state index in [1.165, 1.54) is 0 Å². The van der Waals surface area contributed by atoms with Crippen LogP contribution in [0, 0.1) is 0 Å². The van der Waals surface area contributed by atoms with Crippen molar-refractivity contribution in [1.29, 1.82) is 0 Å². The number of carbonyl (C=O) groups is 1. The van der Waals surface area contributed by atoms with Crippen LogP contribution in [-0.2, 0) is 16.9 Å². The van der Waals surface area contributed by atoms with Gasteiger partial charge in [0.15, 0.2) is 0 Å². The summed E-state index contributed by atoms with van der Waals surface area (Å²) in [6.07, 6.45) is -0.441. The number of hydrogen-bond acceptors (Lipinski definition) is 4. The van der Waals surface area contributed by atoms with Gasteiger partial charge < -0.3 is 15.2 Å². The van der Waals surface area contributed by atoms with Crippen LogP contribution in [0.3, 0.4) is 0 Å². The van der Waals surface area contributed by atoms with Crippen LogP contribution in [0.25, 0.3) is 22.0 Å². The molecule has 28 heavy (non-hydrogen) atoms. The Morgan fingerprint density at radius 2 is 1.71 bits per heavy atom. The van der Waals surface area contributed by atoms with Gasteiger partial charge in [-0.1, -0.05) is 30.3 Å². The van der Waals surface area contributed by atoms with Crippen molar-refractivity contribution >= 4 is 17.0 Å². The molecule has 6 nitrogen and oxygen atoms in total. The summed E-state index contributed by atoms with van der Waals surface area (Å²) in [5, 5.41) is 20.3. The van der Waals surface area contributed by atoms with Gasteiger partial charge in [-0.2, -0.15) is 5.10 Å². The maximum Gasteiger partial charge on any atom is 0.408 e. The fraction of sp³-hybridized carbons (Fsp3) is 0.364. The number of aromatic amines is 1. The van der Waals surface area contributed by atoms with Crippen LogP contribution in [-0.4, -0.2) is 27.0 Å². The molecule has 0 spiro atoms. The second kappa shape index (κ2) is 7.28. The minimum absolute atomic E-state index is 0.104. The number of H-pyrrole nitrogens is 1. The molecular weight excluding hydrogens is 354 g/mol. The first-order chi connectivity index (χ1) is 13.1. The van der Waals surface area contributed by atoms with E-state index in [-0.39, 0.29) is 6.61 Å². The summed E-state index contributed by atoms with van der Waals surface area (Å²) >= 11 is 0. The Kier molecular flexibility index (Phi) is 5.17. The molecule has 0 saturated carbocycles. The molecule has 6 heteroatoms. The third-order valence-corrected chi connectivity index (χ3v) is 4.54. The first-order valence-electron chi connectivity index (χ1n) is 9.29. The quantitative estimate of drug-likeness (QED) is 0.622. The Morgan fingerprint density at radius 3 is 2.32 bits per heavy atom. The fourth-order valence-corrected chi connectivity index (χ4v) is 3.08. The molecule has 0 aliphatic carbocycles. The summed E-state index contributed by atoms with van der Waals surface area (Å²) in [6.45, 7) is 9.30. The van der Waals surface area contributed by atoms with Gasteiger partial charge in [0.1, 0.15) is 5.60 Å². The number of nitrogens with one attached hydrogen (secondary N) is 2. The SMILES string of the molecule is CC(C)(C)OC(=O)NC(C)(C)c1ccc(-c2ccc3[nH]nc(CO)c3c2)cc1. The first-order valence-corrected chi connectivity index (χ1v) is 9.29. The highest BCUT2D eigenvalue weighted by Gasteiger charge is 2.26. The summed E-state index contributed by atoms with van der Waals surface area (Å²) in [4.78, 5) is 12.1. The zero-order valence-corrected chi connectivity index (χ0v) is 17.0. The van der Waals surface area contributed by atoms with Crippen molar-refractivity contribution in [3.05, 3.63) is 53.7 Å². The molecular formula is C22H27N3O3. The Hall–Kier alpha value is -2.86. The molecule has 3 rings (SSSR count). The van der Waals surface area contributed by atoms with Gasteiger partial charge in [-0.25, -0.2) is 4.79 Å². The van der Waals surface area contributed by atoms with Crippen molar-refractivity contribution in [2.24, 2.45) is 0 Å². The summed E-state index contributed by atoms with van der Waals surface area (Å²) < 4.78 is 5.36. The second-order valence-electron chi connectivity index (χ2n) is 8.42. The average molecular weight is 381 g/mol. The van der Waals surface area contributed by atoms with E-state index >= 15 is 0 Å². The number of benzene rings is 2. The van der Waals surface area contributed by atoms with E-state index in [1.807, 2.05) is 77.1 Å². The predicted molar refractivity (Wildman–Crippen MR) is 110 cm³/mol. The van der Waals surface area contributed by atoms with Crippen LogP contribution in [0.4, 0.5) is 4.79 Å². The first kappa shape index (κ1) is 19.9. The van der Waals surface area contributed by atoms with Crippen molar-refractivity contribution in [3.63, 3.8) is 0 Å². The summed E-state index contributed by atoms with van der Waals surface area (Å²) in [5.74, 6) is 0. The largest absolute Gasteiger partial charge is 0.444 e. The van der Waals surface area contributed by atoms with Crippen molar-refractivity contribution in [2.75, 3.05) is 0 Å². The van der Waals surface area contributed by atoms with Crippen molar-refractivity contribution in [1.82, 2.24) is 15.5 Å². The van der Waals surface area contributed by atoms with Gasteiger partial charge in [0.05, 0.1) is 23.4 Å². The molecule has 0 atom stereocenters. The molecule has 0 saturated heterocycles. The lowest BCUT2D eigenvalue weighted by Crippen LogP contribution is -2.43. The number of nitrogens with zero attached hydrogens (tertiary/aromatic N) is 1. The van der Waals surface area contributed by atoms with Crippen LogP contribution in [0.15, 0.2) is 42.5 Å². The van der Waals surface area contributed by atoms with Gasteiger partial charge >= 0.3 is 6.09 Å². The lowest BCUT2D eigenvalue weighted by Gasteiger charge is -2.29. The van der Waals surface area contributed by atoms with E-state index in [2.05, 4.69) is 15.5 Å². The molecule has 3 N–H and O–H groups in total. The Bertz CT molecular complexity index is 982. The number of rotatable bonds is 4. The minimum Gasteiger partial charge on any atom is -0.444 e. The Balaban J connectivity index is 1.82. The number of aliphatic hydroxyl groups is 1. The predicted octanol–water partition coefficient (Wildman–Crippen LogP) is 4.48. The minimum atomic E-state index is -0.570. The summed E-state index contributed by atoms with van der Waals surface area (Å²) in [7, 11) is 0. The van der Waals surface area contributed by atoms with Crippen LogP contribution < -0.4 is 5.32 Å². The molecule has 2 aromatic carbocycles. The summed E-state index contributed by atoms with van der Waals surface area (Å²) in [6, 6.07) is 14.0. The zero-order valence-electron chi connectivity index (χ0n) is 17.0. The number of hydrogen-bond donors (Lipinski definition) is 3. The van der Waals surface area contributed by atoms with E-state index in [9.17, 15) is 9.90 Å². The number of amides is 1. The molecule has 0 aliphatic heterocycles. The van der Waals surface area contributed by atoms with Crippen LogP contribution >= 0.6 is 0 Å². The van der Waals surface area contributed by atoms with Gasteiger partial charge in [0.2, 0.25) is 0 Å². The number of aromatic nitrogens is 2. The highest BCUT2D eigenvalue weighted by Crippen LogP contribution is 2.28. The molecule has 148 valence electrons. The highest BCUT2D eigenvalue weighted by molar-refractivity contribution is 5.86. The van der Waals surface area contributed by atoms with Crippen molar-refractivity contribution in [2.45, 2.75) is 52.4 Å². The normalized spacial score (nSPS) is 12.2. The number of aliphatic hydroxyl groups excluding tert-OH is 1. The third kappa shape index (κ3) is 4.34. The van der Waals surface area contributed by atoms with Gasteiger partial charge in [-0.3, -0.25) is 5.10 Å². The number of ether oxygens (including phenoxy) is 1. The smallest absolute Gasteiger partial charge is 0.408 e. The summed E-state index contributed by atoms with van der Waals surface area (Å²) in [5.41, 5.74) is 3.48. The molecule has 1 amide bonds. The van der Waals surface area contributed by atoms with Gasteiger partial charge in [-0.05, 0) is 63.4 Å². The standard InChI is InChI=1S/C22H27N3O3/c1-21(2,3)28-20(27)23-22(4,5)16-9-6-14(7-10-16)15-8-11-18-17(12-15)19(13-26)25-24-18/h6-12,26H,13H2,1-5H3,(H,23,27)(H,24,25). The molecule has 0 bridgehead atoms. The lowest BCUT2D eigenvalue weighted by atomic mass is 9.92. The fourth-order valence-electron chi connectivity index (χ4n) is 3.08. The molecule has 3 aromatic rings. The maximum absolute atomic E-state index is 12.1. The number of alkyl carbamates (subject to hydrolysis) is 1. The van der Waals surface area contributed by atoms with E-state index in [0.29, 0.717) is 5.69 Å². The maximum atomic E-state index is 12.1. The molecule has 1 heterocycles. The van der Waals surface area contributed by atoms with Crippen LogP contribution in [0.2, 0.25) is 0 Å². The van der Waals surface area contributed by atoms with E-state index in [1.54, 1.807) is 0 Å². The lowest BCUT2D eigenvalue weighted by molar-refractivity contribution is 0.0470. The van der Waals surface area contributed by atoms with Crippen molar-refractivity contribution < 1.29 is 14.6 Å². The van der Waals surface area contributed by atoms with E-state index in [4.69, 9.17) is 4.74 Å². The van der Waals surface area contributed by atoms with Gasteiger partial charge in [-0.15, -0.1) is 0 Å². The Morgan fingerprint density at radius 1 is 1.07 bits per heavy atom.